The first kappa shape index (κ1) is 14.3. The van der Waals surface area contributed by atoms with Crippen molar-refractivity contribution in [2.45, 2.75) is 44.8 Å². The molecule has 106 valence electrons. The number of rotatable bonds is 2. The van der Waals surface area contributed by atoms with E-state index in [1.54, 1.807) is 12.4 Å². The molecule has 0 aliphatic heterocycles. The Morgan fingerprint density at radius 3 is 2.68 bits per heavy atom. The van der Waals surface area contributed by atoms with Crippen LogP contribution in [0.5, 0.6) is 0 Å². The molecule has 5 heteroatoms. The molecule has 1 saturated carbocycles. The van der Waals surface area contributed by atoms with E-state index in [4.69, 9.17) is 5.73 Å². The van der Waals surface area contributed by atoms with Gasteiger partial charge in [0.1, 0.15) is 0 Å². The van der Waals surface area contributed by atoms with Crippen LogP contribution >= 0.6 is 0 Å². The quantitative estimate of drug-likeness (QED) is 0.890. The van der Waals surface area contributed by atoms with Gasteiger partial charge in [0.2, 0.25) is 0 Å². The summed E-state index contributed by atoms with van der Waals surface area (Å²) >= 11 is 0. The minimum absolute atomic E-state index is 0.107. The monoisotopic (exact) mass is 272 g/mol. The van der Waals surface area contributed by atoms with E-state index in [9.17, 15) is 13.2 Å². The molecule has 1 aliphatic rings. The molecule has 1 fully saturated rings. The maximum absolute atomic E-state index is 12.8. The molecule has 3 atom stereocenters. The summed E-state index contributed by atoms with van der Waals surface area (Å²) in [5, 5.41) is 0. The van der Waals surface area contributed by atoms with Gasteiger partial charge < -0.3 is 5.73 Å². The van der Waals surface area contributed by atoms with E-state index < -0.39 is 12.1 Å². The molecule has 0 spiro atoms. The van der Waals surface area contributed by atoms with Crippen molar-refractivity contribution >= 4 is 0 Å². The fourth-order valence-electron chi connectivity index (χ4n) is 2.88. The molecule has 3 unspecified atom stereocenters. The van der Waals surface area contributed by atoms with Crippen LogP contribution in [0.15, 0.2) is 18.5 Å². The summed E-state index contributed by atoms with van der Waals surface area (Å²) in [4.78, 5) is 4.07. The number of aromatic nitrogens is 1. The lowest BCUT2D eigenvalue weighted by Crippen LogP contribution is -2.33. The Morgan fingerprint density at radius 1 is 1.32 bits per heavy atom. The van der Waals surface area contributed by atoms with Gasteiger partial charge in [-0.2, -0.15) is 13.2 Å². The zero-order valence-electron chi connectivity index (χ0n) is 11.0. The van der Waals surface area contributed by atoms with Gasteiger partial charge in [-0.15, -0.1) is 0 Å². The summed E-state index contributed by atoms with van der Waals surface area (Å²) in [6.45, 7) is 1.91. The molecular formula is C14H19F3N2. The fourth-order valence-corrected chi connectivity index (χ4v) is 2.88. The highest BCUT2D eigenvalue weighted by Gasteiger charge is 2.43. The van der Waals surface area contributed by atoms with Gasteiger partial charge in [0, 0.05) is 18.4 Å². The minimum Gasteiger partial charge on any atom is -0.324 e. The summed E-state index contributed by atoms with van der Waals surface area (Å²) < 4.78 is 38.4. The van der Waals surface area contributed by atoms with Gasteiger partial charge in [-0.25, -0.2) is 0 Å². The van der Waals surface area contributed by atoms with Crippen LogP contribution in [0.4, 0.5) is 13.2 Å². The van der Waals surface area contributed by atoms with Gasteiger partial charge in [0.15, 0.2) is 0 Å². The highest BCUT2D eigenvalue weighted by atomic mass is 19.4. The standard InChI is InChI=1S/C14H19F3N2/c1-9-5-11(8-19-7-9)13(18)10-3-2-4-12(6-10)14(15,16)17/h5,7-8,10,12-13H,2-4,6,18H2,1H3. The van der Waals surface area contributed by atoms with Gasteiger partial charge in [-0.3, -0.25) is 4.98 Å². The summed E-state index contributed by atoms with van der Waals surface area (Å²) in [7, 11) is 0. The van der Waals surface area contributed by atoms with Crippen molar-refractivity contribution < 1.29 is 13.2 Å². The molecule has 1 aromatic rings. The number of alkyl halides is 3. The van der Waals surface area contributed by atoms with Gasteiger partial charge in [0.05, 0.1) is 5.92 Å². The lowest BCUT2D eigenvalue weighted by molar-refractivity contribution is -0.186. The Balaban J connectivity index is 2.09. The van der Waals surface area contributed by atoms with Crippen LogP contribution in [-0.4, -0.2) is 11.2 Å². The Hall–Kier alpha value is -1.10. The van der Waals surface area contributed by atoms with E-state index in [-0.39, 0.29) is 24.8 Å². The SMILES string of the molecule is Cc1cncc(C(N)C2CCCC(C(F)(F)F)C2)c1. The van der Waals surface area contributed by atoms with Crippen LogP contribution in [0.1, 0.15) is 42.9 Å². The zero-order chi connectivity index (χ0) is 14.0. The molecule has 0 radical (unpaired) electrons. The molecule has 2 rings (SSSR count). The number of halogens is 3. The molecule has 0 bridgehead atoms. The summed E-state index contributed by atoms with van der Waals surface area (Å²) in [6.07, 6.45) is 1.02. The third kappa shape index (κ3) is 3.47. The molecule has 2 nitrogen and oxygen atoms in total. The van der Waals surface area contributed by atoms with Crippen molar-refractivity contribution in [2.24, 2.45) is 17.6 Å². The van der Waals surface area contributed by atoms with E-state index in [1.165, 1.54) is 0 Å². The first-order chi connectivity index (χ1) is 8.88. The average Bonchev–Trinajstić information content (AvgIpc) is 2.37. The number of pyridine rings is 1. The Kier molecular flexibility index (Phi) is 4.13. The van der Waals surface area contributed by atoms with E-state index in [0.29, 0.717) is 6.42 Å². The second-order valence-corrected chi connectivity index (χ2v) is 5.49. The van der Waals surface area contributed by atoms with Crippen molar-refractivity contribution in [1.82, 2.24) is 4.98 Å². The second kappa shape index (κ2) is 5.49. The van der Waals surface area contributed by atoms with Gasteiger partial charge >= 0.3 is 6.18 Å². The van der Waals surface area contributed by atoms with E-state index in [0.717, 1.165) is 17.5 Å². The van der Waals surface area contributed by atoms with Crippen LogP contribution in [0.3, 0.4) is 0 Å². The number of nitrogens with two attached hydrogens (primary N) is 1. The first-order valence-electron chi connectivity index (χ1n) is 6.62. The average molecular weight is 272 g/mol. The third-order valence-electron chi connectivity index (χ3n) is 3.97. The van der Waals surface area contributed by atoms with E-state index >= 15 is 0 Å². The van der Waals surface area contributed by atoms with Crippen LogP contribution in [0.25, 0.3) is 0 Å². The van der Waals surface area contributed by atoms with Gasteiger partial charge in [-0.1, -0.05) is 12.5 Å². The van der Waals surface area contributed by atoms with Crippen LogP contribution in [0, 0.1) is 18.8 Å². The minimum atomic E-state index is -4.09. The van der Waals surface area contributed by atoms with Gasteiger partial charge in [0.25, 0.3) is 0 Å². The van der Waals surface area contributed by atoms with Crippen molar-refractivity contribution in [3.8, 4) is 0 Å². The molecule has 0 saturated heterocycles. The number of nitrogens with zero attached hydrogens (tertiary/aromatic N) is 1. The van der Waals surface area contributed by atoms with Crippen molar-refractivity contribution in [3.05, 3.63) is 29.6 Å². The maximum atomic E-state index is 12.8. The molecule has 0 amide bonds. The van der Waals surface area contributed by atoms with Crippen LogP contribution < -0.4 is 5.73 Å². The molecule has 1 heterocycles. The molecular weight excluding hydrogens is 253 g/mol. The first-order valence-corrected chi connectivity index (χ1v) is 6.62. The Bertz CT molecular complexity index is 431. The zero-order valence-corrected chi connectivity index (χ0v) is 11.0. The highest BCUT2D eigenvalue weighted by Crippen LogP contribution is 2.43. The molecule has 19 heavy (non-hydrogen) atoms. The second-order valence-electron chi connectivity index (χ2n) is 5.49. The normalized spacial score (nSPS) is 26.2. The summed E-state index contributed by atoms with van der Waals surface area (Å²) in [5.41, 5.74) is 7.96. The lowest BCUT2D eigenvalue weighted by atomic mass is 9.76. The van der Waals surface area contributed by atoms with Crippen molar-refractivity contribution in [3.63, 3.8) is 0 Å². The van der Waals surface area contributed by atoms with Crippen molar-refractivity contribution in [1.29, 1.82) is 0 Å². The predicted octanol–water partition coefficient (Wildman–Crippen LogP) is 3.76. The van der Waals surface area contributed by atoms with Crippen molar-refractivity contribution in [2.75, 3.05) is 0 Å². The maximum Gasteiger partial charge on any atom is 0.391 e. The topological polar surface area (TPSA) is 38.9 Å². The van der Waals surface area contributed by atoms with E-state index in [1.807, 2.05) is 13.0 Å². The fraction of sp³-hybridized carbons (Fsp3) is 0.643. The van der Waals surface area contributed by atoms with Crippen LogP contribution in [-0.2, 0) is 0 Å². The summed E-state index contributed by atoms with van der Waals surface area (Å²) in [5.74, 6) is -1.31. The Labute approximate surface area is 111 Å². The lowest BCUT2D eigenvalue weighted by Gasteiger charge is -2.33. The highest BCUT2D eigenvalue weighted by molar-refractivity contribution is 5.20. The predicted molar refractivity (Wildman–Crippen MR) is 67.4 cm³/mol. The molecule has 0 aromatic carbocycles. The Morgan fingerprint density at radius 2 is 2.05 bits per heavy atom. The number of hydrogen-bond acceptors (Lipinski definition) is 2. The summed E-state index contributed by atoms with van der Waals surface area (Å²) in [6, 6.07) is 1.56. The largest absolute Gasteiger partial charge is 0.391 e. The molecule has 2 N–H and O–H groups in total. The molecule has 1 aliphatic carbocycles. The molecule has 1 aromatic heterocycles. The third-order valence-corrected chi connectivity index (χ3v) is 3.97. The number of hydrogen-bond donors (Lipinski definition) is 1. The number of aryl methyl sites for hydroxylation is 1. The van der Waals surface area contributed by atoms with Crippen LogP contribution in [0.2, 0.25) is 0 Å². The van der Waals surface area contributed by atoms with Gasteiger partial charge in [-0.05, 0) is 43.2 Å². The smallest absolute Gasteiger partial charge is 0.324 e. The van der Waals surface area contributed by atoms with E-state index in [2.05, 4.69) is 4.98 Å².